The summed E-state index contributed by atoms with van der Waals surface area (Å²) < 4.78 is 18.6. The maximum absolute atomic E-state index is 13.4. The lowest BCUT2D eigenvalue weighted by molar-refractivity contribution is -0.384. The van der Waals surface area contributed by atoms with Crippen LogP contribution in [0.15, 0.2) is 53.1 Å². The van der Waals surface area contributed by atoms with E-state index in [2.05, 4.69) is 15.5 Å². The lowest BCUT2D eigenvalue weighted by Crippen LogP contribution is -2.32. The first kappa shape index (κ1) is 19.2. The molecule has 0 fully saturated rings. The average molecular weight is 384 g/mol. The molecule has 1 heterocycles. The number of aromatic nitrogens is 2. The topological polar surface area (TPSA) is 111 Å². The van der Waals surface area contributed by atoms with Gasteiger partial charge in [0.25, 0.3) is 11.6 Å². The Hall–Kier alpha value is -3.62. The monoisotopic (exact) mass is 384 g/mol. The normalized spacial score (nSPS) is 12.0. The van der Waals surface area contributed by atoms with Gasteiger partial charge < -0.3 is 9.84 Å². The maximum Gasteiger partial charge on any atom is 0.270 e. The first-order chi connectivity index (χ1) is 13.3. The molecule has 0 spiro atoms. The summed E-state index contributed by atoms with van der Waals surface area (Å²) in [4.78, 5) is 27.1. The van der Waals surface area contributed by atoms with E-state index < -0.39 is 22.7 Å². The van der Waals surface area contributed by atoms with Crippen LogP contribution in [0.2, 0.25) is 0 Å². The SMILES string of the molecule is CC(C)[C@@H](NC(=O)c1cccc(F)c1)c1nc(-c2cccc([N+](=O)[O-])c2)no1. The fraction of sp³-hybridized carbons (Fsp3) is 0.211. The van der Waals surface area contributed by atoms with Crippen LogP contribution in [0.1, 0.15) is 36.1 Å². The summed E-state index contributed by atoms with van der Waals surface area (Å²) in [5, 5.41) is 17.6. The molecule has 0 unspecified atom stereocenters. The van der Waals surface area contributed by atoms with E-state index in [0.29, 0.717) is 5.56 Å². The van der Waals surface area contributed by atoms with E-state index in [-0.39, 0.29) is 28.9 Å². The number of rotatable bonds is 6. The zero-order chi connectivity index (χ0) is 20.3. The second-order valence-electron chi connectivity index (χ2n) is 6.47. The summed E-state index contributed by atoms with van der Waals surface area (Å²) in [6, 6.07) is 10.6. The fourth-order valence-corrected chi connectivity index (χ4v) is 2.61. The van der Waals surface area contributed by atoms with Crippen molar-refractivity contribution in [1.82, 2.24) is 15.5 Å². The molecule has 1 aromatic heterocycles. The van der Waals surface area contributed by atoms with Gasteiger partial charge in [0.2, 0.25) is 11.7 Å². The van der Waals surface area contributed by atoms with E-state index in [1.165, 1.54) is 36.4 Å². The van der Waals surface area contributed by atoms with Crippen LogP contribution < -0.4 is 5.32 Å². The molecule has 9 heteroatoms. The summed E-state index contributed by atoms with van der Waals surface area (Å²) in [5.41, 5.74) is 0.496. The van der Waals surface area contributed by atoms with Crippen LogP contribution in [0.3, 0.4) is 0 Å². The van der Waals surface area contributed by atoms with Crippen LogP contribution in [0.4, 0.5) is 10.1 Å². The largest absolute Gasteiger partial charge is 0.340 e. The molecule has 0 saturated carbocycles. The van der Waals surface area contributed by atoms with Crippen molar-refractivity contribution in [3.05, 3.63) is 75.9 Å². The molecule has 0 saturated heterocycles. The van der Waals surface area contributed by atoms with Gasteiger partial charge in [-0.1, -0.05) is 37.2 Å². The fourth-order valence-electron chi connectivity index (χ4n) is 2.61. The molecular weight excluding hydrogens is 367 g/mol. The zero-order valence-electron chi connectivity index (χ0n) is 15.1. The molecule has 0 bridgehead atoms. The van der Waals surface area contributed by atoms with Gasteiger partial charge in [-0.15, -0.1) is 0 Å². The Morgan fingerprint density at radius 1 is 1.21 bits per heavy atom. The van der Waals surface area contributed by atoms with Crippen LogP contribution in [-0.4, -0.2) is 21.0 Å². The summed E-state index contributed by atoms with van der Waals surface area (Å²) in [6.45, 7) is 3.71. The number of nitro benzene ring substituents is 1. The zero-order valence-corrected chi connectivity index (χ0v) is 15.1. The molecule has 3 aromatic rings. The second-order valence-corrected chi connectivity index (χ2v) is 6.47. The smallest absolute Gasteiger partial charge is 0.270 e. The molecule has 8 nitrogen and oxygen atoms in total. The lowest BCUT2D eigenvalue weighted by atomic mass is 10.0. The van der Waals surface area contributed by atoms with Crippen molar-refractivity contribution in [2.24, 2.45) is 5.92 Å². The van der Waals surface area contributed by atoms with Crippen molar-refractivity contribution in [3.63, 3.8) is 0 Å². The van der Waals surface area contributed by atoms with Gasteiger partial charge >= 0.3 is 0 Å². The predicted octanol–water partition coefficient (Wildman–Crippen LogP) is 3.91. The van der Waals surface area contributed by atoms with Crippen molar-refractivity contribution >= 4 is 11.6 Å². The minimum Gasteiger partial charge on any atom is -0.340 e. The van der Waals surface area contributed by atoms with Gasteiger partial charge in [0, 0.05) is 23.3 Å². The Balaban J connectivity index is 1.85. The number of nitrogens with zero attached hydrogens (tertiary/aromatic N) is 3. The van der Waals surface area contributed by atoms with Crippen molar-refractivity contribution in [2.45, 2.75) is 19.9 Å². The van der Waals surface area contributed by atoms with E-state index in [1.807, 2.05) is 13.8 Å². The molecule has 0 aliphatic heterocycles. The second kappa shape index (κ2) is 7.95. The van der Waals surface area contributed by atoms with E-state index in [1.54, 1.807) is 6.07 Å². The van der Waals surface area contributed by atoms with Gasteiger partial charge in [-0.25, -0.2) is 4.39 Å². The number of hydrogen-bond acceptors (Lipinski definition) is 6. The van der Waals surface area contributed by atoms with E-state index in [9.17, 15) is 19.3 Å². The first-order valence-corrected chi connectivity index (χ1v) is 8.50. The van der Waals surface area contributed by atoms with Crippen LogP contribution in [0, 0.1) is 21.8 Å². The Morgan fingerprint density at radius 2 is 1.96 bits per heavy atom. The third-order valence-corrected chi connectivity index (χ3v) is 4.06. The number of amides is 1. The highest BCUT2D eigenvalue weighted by molar-refractivity contribution is 5.94. The number of nitrogens with one attached hydrogen (secondary N) is 1. The van der Waals surface area contributed by atoms with Crippen LogP contribution in [0.25, 0.3) is 11.4 Å². The number of halogens is 1. The van der Waals surface area contributed by atoms with Crippen molar-refractivity contribution < 1.29 is 18.6 Å². The highest BCUT2D eigenvalue weighted by Crippen LogP contribution is 2.26. The van der Waals surface area contributed by atoms with Gasteiger partial charge in [0.15, 0.2) is 0 Å². The van der Waals surface area contributed by atoms with Crippen LogP contribution in [0.5, 0.6) is 0 Å². The minimum atomic E-state index is -0.615. The molecular formula is C19H17FN4O4. The van der Waals surface area contributed by atoms with E-state index in [4.69, 9.17) is 4.52 Å². The van der Waals surface area contributed by atoms with Crippen molar-refractivity contribution in [2.75, 3.05) is 0 Å². The summed E-state index contributed by atoms with van der Waals surface area (Å²) in [6.07, 6.45) is 0. The molecule has 1 atom stereocenters. The maximum atomic E-state index is 13.4. The standard InChI is InChI=1S/C19H17FN4O4/c1-11(2)16(21-18(25)13-6-3-7-14(20)9-13)19-22-17(23-28-19)12-5-4-8-15(10-12)24(26)27/h3-11,16H,1-2H3,(H,21,25)/t16-/m1/s1. The molecule has 0 aliphatic carbocycles. The highest BCUT2D eigenvalue weighted by atomic mass is 19.1. The summed E-state index contributed by atoms with van der Waals surface area (Å²) in [5.74, 6) is -0.769. The highest BCUT2D eigenvalue weighted by Gasteiger charge is 2.25. The molecule has 3 rings (SSSR count). The van der Waals surface area contributed by atoms with Gasteiger partial charge in [-0.05, 0) is 24.1 Å². The molecule has 28 heavy (non-hydrogen) atoms. The van der Waals surface area contributed by atoms with Crippen molar-refractivity contribution in [1.29, 1.82) is 0 Å². The van der Waals surface area contributed by atoms with Crippen molar-refractivity contribution in [3.8, 4) is 11.4 Å². The Bertz CT molecular complexity index is 1020. The third kappa shape index (κ3) is 4.20. The average Bonchev–Trinajstić information content (AvgIpc) is 3.15. The van der Waals surface area contributed by atoms with Crippen LogP contribution >= 0.6 is 0 Å². The quantitative estimate of drug-likeness (QED) is 0.509. The molecule has 0 aliphatic rings. The summed E-state index contributed by atoms with van der Waals surface area (Å²) in [7, 11) is 0. The number of hydrogen-bond donors (Lipinski definition) is 1. The lowest BCUT2D eigenvalue weighted by Gasteiger charge is -2.18. The van der Waals surface area contributed by atoms with E-state index >= 15 is 0 Å². The molecule has 0 radical (unpaired) electrons. The van der Waals surface area contributed by atoms with Gasteiger partial charge in [-0.2, -0.15) is 4.98 Å². The number of benzene rings is 2. The molecule has 2 aromatic carbocycles. The van der Waals surface area contributed by atoms with Gasteiger partial charge in [0.1, 0.15) is 11.9 Å². The third-order valence-electron chi connectivity index (χ3n) is 4.06. The summed E-state index contributed by atoms with van der Waals surface area (Å²) >= 11 is 0. The number of non-ortho nitro benzene ring substituents is 1. The predicted molar refractivity (Wildman–Crippen MR) is 97.8 cm³/mol. The Kier molecular flexibility index (Phi) is 5.44. The Labute approximate surface area is 159 Å². The van der Waals surface area contributed by atoms with Crippen LogP contribution in [-0.2, 0) is 0 Å². The molecule has 1 amide bonds. The molecule has 144 valence electrons. The minimum absolute atomic E-state index is 0.0938. The number of carbonyl (C=O) groups is 1. The Morgan fingerprint density at radius 3 is 2.64 bits per heavy atom. The number of nitro groups is 1. The molecule has 1 N–H and O–H groups in total. The van der Waals surface area contributed by atoms with Gasteiger partial charge in [-0.3, -0.25) is 14.9 Å². The number of carbonyl (C=O) groups excluding carboxylic acids is 1. The first-order valence-electron chi connectivity index (χ1n) is 8.50. The van der Waals surface area contributed by atoms with E-state index in [0.717, 1.165) is 6.07 Å². The van der Waals surface area contributed by atoms with Gasteiger partial charge in [0.05, 0.1) is 4.92 Å².